The SMILES string of the molecule is Cc1ccc(N(CCC(=O)O)Cc2csc(Br)c2)cc1. The van der Waals surface area contributed by atoms with Gasteiger partial charge in [0.1, 0.15) is 0 Å². The van der Waals surface area contributed by atoms with E-state index in [9.17, 15) is 4.79 Å². The molecule has 0 atom stereocenters. The predicted octanol–water partition coefficient (Wildman–Crippen LogP) is 4.30. The number of aryl methyl sites for hydroxylation is 1. The molecule has 1 heterocycles. The van der Waals surface area contributed by atoms with Crippen LogP contribution in [0.5, 0.6) is 0 Å². The number of carbonyl (C=O) groups is 1. The minimum atomic E-state index is -0.770. The van der Waals surface area contributed by atoms with Crippen LogP contribution in [0.3, 0.4) is 0 Å². The summed E-state index contributed by atoms with van der Waals surface area (Å²) in [7, 11) is 0. The average Bonchev–Trinajstić information content (AvgIpc) is 2.81. The van der Waals surface area contributed by atoms with Gasteiger partial charge in [0.05, 0.1) is 10.2 Å². The summed E-state index contributed by atoms with van der Waals surface area (Å²) in [5, 5.41) is 11.0. The monoisotopic (exact) mass is 353 g/mol. The Morgan fingerprint density at radius 2 is 2.05 bits per heavy atom. The average molecular weight is 354 g/mol. The van der Waals surface area contributed by atoms with Crippen LogP contribution in [-0.4, -0.2) is 17.6 Å². The number of halogens is 1. The van der Waals surface area contributed by atoms with Gasteiger partial charge in [-0.1, -0.05) is 17.7 Å². The predicted molar refractivity (Wildman–Crippen MR) is 86.5 cm³/mol. The molecule has 1 aromatic carbocycles. The van der Waals surface area contributed by atoms with Crippen LogP contribution in [0.15, 0.2) is 39.5 Å². The third-order valence-corrected chi connectivity index (χ3v) is 4.54. The molecule has 20 heavy (non-hydrogen) atoms. The quantitative estimate of drug-likeness (QED) is 0.841. The van der Waals surface area contributed by atoms with Gasteiger partial charge in [-0.2, -0.15) is 0 Å². The van der Waals surface area contributed by atoms with Gasteiger partial charge >= 0.3 is 5.97 Å². The van der Waals surface area contributed by atoms with Crippen molar-refractivity contribution in [3.05, 3.63) is 50.6 Å². The maximum absolute atomic E-state index is 10.8. The molecule has 5 heteroatoms. The summed E-state index contributed by atoms with van der Waals surface area (Å²) in [6.45, 7) is 3.27. The lowest BCUT2D eigenvalue weighted by Crippen LogP contribution is -2.25. The van der Waals surface area contributed by atoms with E-state index in [4.69, 9.17) is 5.11 Å². The molecule has 2 rings (SSSR count). The van der Waals surface area contributed by atoms with Crippen LogP contribution in [0.2, 0.25) is 0 Å². The number of anilines is 1. The summed E-state index contributed by atoms with van der Waals surface area (Å²) in [4.78, 5) is 12.9. The number of thiophene rings is 1. The number of carboxylic acids is 1. The van der Waals surface area contributed by atoms with Crippen molar-refractivity contribution in [2.45, 2.75) is 19.9 Å². The van der Waals surface area contributed by atoms with Crippen LogP contribution in [0.4, 0.5) is 5.69 Å². The number of hydrogen-bond donors (Lipinski definition) is 1. The van der Waals surface area contributed by atoms with Gasteiger partial charge < -0.3 is 10.0 Å². The van der Waals surface area contributed by atoms with Crippen molar-refractivity contribution in [2.75, 3.05) is 11.4 Å². The first kappa shape index (κ1) is 15.1. The van der Waals surface area contributed by atoms with Crippen molar-refractivity contribution < 1.29 is 9.90 Å². The molecule has 1 N–H and O–H groups in total. The second kappa shape index (κ2) is 6.90. The smallest absolute Gasteiger partial charge is 0.305 e. The lowest BCUT2D eigenvalue weighted by molar-refractivity contribution is -0.136. The molecule has 106 valence electrons. The van der Waals surface area contributed by atoms with E-state index in [-0.39, 0.29) is 6.42 Å². The number of aliphatic carboxylic acids is 1. The summed E-state index contributed by atoms with van der Waals surface area (Å²) in [6, 6.07) is 10.3. The standard InChI is InChI=1S/C15H16BrNO2S/c1-11-2-4-13(5-3-11)17(7-6-15(18)19)9-12-8-14(16)20-10-12/h2-5,8,10H,6-7,9H2,1H3,(H,18,19). The Kier molecular flexibility index (Phi) is 5.20. The summed E-state index contributed by atoms with van der Waals surface area (Å²) in [6.07, 6.45) is 0.138. The van der Waals surface area contributed by atoms with E-state index in [1.54, 1.807) is 11.3 Å². The first-order valence-corrected chi connectivity index (χ1v) is 7.98. The molecule has 0 aliphatic carbocycles. The minimum absolute atomic E-state index is 0.138. The van der Waals surface area contributed by atoms with E-state index >= 15 is 0 Å². The van der Waals surface area contributed by atoms with Gasteiger partial charge in [-0.3, -0.25) is 4.79 Å². The molecule has 0 fully saturated rings. The highest BCUT2D eigenvalue weighted by Gasteiger charge is 2.10. The highest BCUT2D eigenvalue weighted by Crippen LogP contribution is 2.24. The molecule has 0 radical (unpaired) electrons. The fourth-order valence-electron chi connectivity index (χ4n) is 1.93. The van der Waals surface area contributed by atoms with Gasteiger partial charge in [0.25, 0.3) is 0 Å². The first-order valence-electron chi connectivity index (χ1n) is 6.31. The van der Waals surface area contributed by atoms with Crippen molar-refractivity contribution in [2.24, 2.45) is 0 Å². The van der Waals surface area contributed by atoms with Crippen molar-refractivity contribution in [3.8, 4) is 0 Å². The fraction of sp³-hybridized carbons (Fsp3) is 0.267. The second-order valence-corrected chi connectivity index (χ2v) is 6.95. The third kappa shape index (κ3) is 4.35. The van der Waals surface area contributed by atoms with Gasteiger partial charge in [-0.05, 0) is 52.0 Å². The van der Waals surface area contributed by atoms with Crippen molar-refractivity contribution in [3.63, 3.8) is 0 Å². The Morgan fingerprint density at radius 3 is 2.60 bits per heavy atom. The number of carboxylic acid groups (broad SMARTS) is 1. The number of nitrogens with zero attached hydrogens (tertiary/aromatic N) is 1. The Balaban J connectivity index is 2.15. The normalized spacial score (nSPS) is 10.5. The van der Waals surface area contributed by atoms with Crippen molar-refractivity contribution in [1.29, 1.82) is 0 Å². The molecule has 2 aromatic rings. The maximum atomic E-state index is 10.8. The van der Waals surface area contributed by atoms with E-state index in [0.717, 1.165) is 16.0 Å². The van der Waals surface area contributed by atoms with E-state index in [1.807, 2.05) is 31.2 Å². The van der Waals surface area contributed by atoms with Crippen LogP contribution in [0, 0.1) is 6.92 Å². The van der Waals surface area contributed by atoms with E-state index in [0.29, 0.717) is 6.54 Å². The Bertz CT molecular complexity index is 580. The topological polar surface area (TPSA) is 40.5 Å². The van der Waals surface area contributed by atoms with E-state index in [2.05, 4.69) is 32.3 Å². The molecule has 0 bridgehead atoms. The van der Waals surface area contributed by atoms with Crippen LogP contribution >= 0.6 is 27.3 Å². The van der Waals surface area contributed by atoms with E-state index in [1.165, 1.54) is 11.1 Å². The molecule has 0 aliphatic rings. The molecule has 0 amide bonds. The molecule has 0 saturated carbocycles. The molecule has 0 aliphatic heterocycles. The first-order chi connectivity index (χ1) is 9.54. The van der Waals surface area contributed by atoms with Crippen LogP contribution in [0.1, 0.15) is 17.5 Å². The van der Waals surface area contributed by atoms with Crippen molar-refractivity contribution in [1.82, 2.24) is 0 Å². The second-order valence-electron chi connectivity index (χ2n) is 4.66. The Labute approximate surface area is 131 Å². The Hall–Kier alpha value is -1.33. The lowest BCUT2D eigenvalue weighted by atomic mass is 10.2. The Morgan fingerprint density at radius 1 is 1.35 bits per heavy atom. The molecule has 0 unspecified atom stereocenters. The van der Waals surface area contributed by atoms with Crippen molar-refractivity contribution >= 4 is 38.9 Å². The lowest BCUT2D eigenvalue weighted by Gasteiger charge is -2.24. The highest BCUT2D eigenvalue weighted by atomic mass is 79.9. The molecular formula is C15H16BrNO2S. The molecule has 3 nitrogen and oxygen atoms in total. The maximum Gasteiger partial charge on any atom is 0.305 e. The summed E-state index contributed by atoms with van der Waals surface area (Å²) in [5.74, 6) is -0.770. The third-order valence-electron chi connectivity index (χ3n) is 2.99. The molecule has 0 spiro atoms. The molecular weight excluding hydrogens is 338 g/mol. The largest absolute Gasteiger partial charge is 0.481 e. The molecule has 1 aromatic heterocycles. The van der Waals surface area contributed by atoms with E-state index < -0.39 is 5.97 Å². The zero-order valence-corrected chi connectivity index (χ0v) is 13.6. The van der Waals surface area contributed by atoms with Gasteiger partial charge in [0.2, 0.25) is 0 Å². The van der Waals surface area contributed by atoms with Crippen LogP contribution < -0.4 is 4.90 Å². The fourth-order valence-corrected chi connectivity index (χ4v) is 3.14. The van der Waals surface area contributed by atoms with Gasteiger partial charge in [-0.25, -0.2) is 0 Å². The van der Waals surface area contributed by atoms with Gasteiger partial charge in [0.15, 0.2) is 0 Å². The number of benzene rings is 1. The number of hydrogen-bond acceptors (Lipinski definition) is 3. The minimum Gasteiger partial charge on any atom is -0.481 e. The molecule has 0 saturated heterocycles. The highest BCUT2D eigenvalue weighted by molar-refractivity contribution is 9.11. The van der Waals surface area contributed by atoms with Crippen LogP contribution in [-0.2, 0) is 11.3 Å². The summed E-state index contributed by atoms with van der Waals surface area (Å²) >= 11 is 5.10. The number of rotatable bonds is 6. The zero-order chi connectivity index (χ0) is 14.5. The zero-order valence-electron chi connectivity index (χ0n) is 11.2. The summed E-state index contributed by atoms with van der Waals surface area (Å²) < 4.78 is 1.09. The van der Waals surface area contributed by atoms with Crippen LogP contribution in [0.25, 0.3) is 0 Å². The summed E-state index contributed by atoms with van der Waals surface area (Å²) in [5.41, 5.74) is 3.44. The van der Waals surface area contributed by atoms with Gasteiger partial charge in [0, 0.05) is 18.8 Å². The van der Waals surface area contributed by atoms with Gasteiger partial charge in [-0.15, -0.1) is 11.3 Å².